The van der Waals surface area contributed by atoms with Crippen molar-refractivity contribution >= 4 is 29.2 Å². The standard InChI is InChI=1S/C22H23ClN6O2/c1-24-22(26-13-15-12-19(30)27-18-8-3-2-7-17(15)18)25-10-9-20-28-21(29-31-20)14-5-4-6-16(23)11-14/h2-8,11,15H,9-10,12-13H2,1H3,(H,27,30)(H2,24,25,26). The first kappa shape index (κ1) is 20.9. The van der Waals surface area contributed by atoms with Gasteiger partial charge in [-0.05, 0) is 23.8 Å². The Labute approximate surface area is 185 Å². The second-order valence-electron chi connectivity index (χ2n) is 7.19. The lowest BCUT2D eigenvalue weighted by Crippen LogP contribution is -2.41. The minimum Gasteiger partial charge on any atom is -0.356 e. The zero-order valence-electron chi connectivity index (χ0n) is 17.1. The van der Waals surface area contributed by atoms with Crippen LogP contribution in [0.4, 0.5) is 5.69 Å². The van der Waals surface area contributed by atoms with E-state index in [1.165, 1.54) is 0 Å². The molecule has 0 saturated heterocycles. The number of rotatable bonds is 6. The van der Waals surface area contributed by atoms with Crippen molar-refractivity contribution in [3.8, 4) is 11.4 Å². The van der Waals surface area contributed by atoms with E-state index in [1.807, 2.05) is 36.4 Å². The smallest absolute Gasteiger partial charge is 0.228 e. The zero-order chi connectivity index (χ0) is 21.6. The number of aromatic nitrogens is 2. The lowest BCUT2D eigenvalue weighted by molar-refractivity contribution is -0.116. The Bertz CT molecular complexity index is 1100. The van der Waals surface area contributed by atoms with Crippen LogP contribution in [0, 0.1) is 0 Å². The molecule has 160 valence electrons. The fraction of sp³-hybridized carbons (Fsp3) is 0.273. The molecule has 8 nitrogen and oxygen atoms in total. The van der Waals surface area contributed by atoms with E-state index < -0.39 is 0 Å². The van der Waals surface area contributed by atoms with Crippen LogP contribution in [-0.2, 0) is 11.2 Å². The van der Waals surface area contributed by atoms with Gasteiger partial charge in [0.25, 0.3) is 0 Å². The van der Waals surface area contributed by atoms with Crippen molar-refractivity contribution in [1.82, 2.24) is 20.8 Å². The van der Waals surface area contributed by atoms with E-state index in [2.05, 4.69) is 31.1 Å². The molecule has 31 heavy (non-hydrogen) atoms. The molecule has 1 aliphatic rings. The van der Waals surface area contributed by atoms with Crippen molar-refractivity contribution in [2.75, 3.05) is 25.5 Å². The first-order valence-electron chi connectivity index (χ1n) is 10.0. The highest BCUT2D eigenvalue weighted by atomic mass is 35.5. The number of carbonyl (C=O) groups is 1. The summed E-state index contributed by atoms with van der Waals surface area (Å²) in [5.74, 6) is 1.79. The van der Waals surface area contributed by atoms with Gasteiger partial charge >= 0.3 is 0 Å². The number of benzene rings is 2. The number of guanidine groups is 1. The third-order valence-electron chi connectivity index (χ3n) is 5.03. The van der Waals surface area contributed by atoms with Crippen LogP contribution in [0.15, 0.2) is 58.0 Å². The van der Waals surface area contributed by atoms with Gasteiger partial charge in [0.15, 0.2) is 5.96 Å². The van der Waals surface area contributed by atoms with Crippen LogP contribution >= 0.6 is 11.6 Å². The number of carbonyl (C=O) groups excluding carboxylic acids is 1. The Morgan fingerprint density at radius 2 is 2.13 bits per heavy atom. The molecule has 1 unspecified atom stereocenters. The second kappa shape index (κ2) is 9.61. The Hall–Kier alpha value is -3.39. The van der Waals surface area contributed by atoms with Crippen LogP contribution in [0.3, 0.4) is 0 Å². The number of aliphatic imine (C=N–C) groups is 1. The van der Waals surface area contributed by atoms with Crippen molar-refractivity contribution in [3.63, 3.8) is 0 Å². The minimum absolute atomic E-state index is 0.0281. The number of hydrogen-bond acceptors (Lipinski definition) is 5. The summed E-state index contributed by atoms with van der Waals surface area (Å²) in [6.07, 6.45) is 0.984. The first-order valence-corrected chi connectivity index (χ1v) is 10.4. The number of anilines is 1. The molecule has 1 aromatic heterocycles. The number of fused-ring (bicyclic) bond motifs is 1. The summed E-state index contributed by atoms with van der Waals surface area (Å²) in [5, 5.41) is 14.1. The van der Waals surface area contributed by atoms with Crippen LogP contribution < -0.4 is 16.0 Å². The molecule has 0 aliphatic carbocycles. The number of amides is 1. The highest BCUT2D eigenvalue weighted by molar-refractivity contribution is 6.30. The Morgan fingerprint density at radius 3 is 2.97 bits per heavy atom. The summed E-state index contributed by atoms with van der Waals surface area (Å²) in [6.45, 7) is 1.17. The molecular formula is C22H23ClN6O2. The van der Waals surface area contributed by atoms with Gasteiger partial charge in [0.2, 0.25) is 17.6 Å². The lowest BCUT2D eigenvalue weighted by Gasteiger charge is -2.26. The fourth-order valence-electron chi connectivity index (χ4n) is 3.51. The van der Waals surface area contributed by atoms with E-state index >= 15 is 0 Å². The van der Waals surface area contributed by atoms with Gasteiger partial charge in [0, 0.05) is 55.2 Å². The summed E-state index contributed by atoms with van der Waals surface area (Å²) in [4.78, 5) is 20.7. The van der Waals surface area contributed by atoms with Crippen molar-refractivity contribution in [3.05, 3.63) is 65.0 Å². The van der Waals surface area contributed by atoms with Gasteiger partial charge in [-0.25, -0.2) is 0 Å². The van der Waals surface area contributed by atoms with E-state index in [0.717, 1.165) is 16.8 Å². The average molecular weight is 439 g/mol. The van der Waals surface area contributed by atoms with Crippen LogP contribution in [0.1, 0.15) is 23.8 Å². The summed E-state index contributed by atoms with van der Waals surface area (Å²) >= 11 is 6.02. The third kappa shape index (κ3) is 5.21. The highest BCUT2D eigenvalue weighted by Gasteiger charge is 2.24. The SMILES string of the molecule is CN=C(NCCc1nc(-c2cccc(Cl)c2)no1)NCC1CC(=O)Nc2ccccc21. The first-order chi connectivity index (χ1) is 15.1. The van der Waals surface area contributed by atoms with E-state index in [-0.39, 0.29) is 11.8 Å². The van der Waals surface area contributed by atoms with Crippen molar-refractivity contribution in [2.24, 2.45) is 4.99 Å². The van der Waals surface area contributed by atoms with Crippen molar-refractivity contribution in [2.45, 2.75) is 18.8 Å². The summed E-state index contributed by atoms with van der Waals surface area (Å²) < 4.78 is 5.33. The van der Waals surface area contributed by atoms with Gasteiger partial charge in [-0.2, -0.15) is 4.98 Å². The summed E-state index contributed by atoms with van der Waals surface area (Å²) in [6, 6.07) is 15.2. The molecule has 0 fully saturated rings. The number of halogens is 1. The molecule has 0 saturated carbocycles. The normalized spacial score (nSPS) is 15.9. The number of hydrogen-bond donors (Lipinski definition) is 3. The lowest BCUT2D eigenvalue weighted by atomic mass is 9.90. The van der Waals surface area contributed by atoms with Gasteiger partial charge in [0.05, 0.1) is 0 Å². The maximum absolute atomic E-state index is 12.0. The molecule has 2 aromatic carbocycles. The van der Waals surface area contributed by atoms with Gasteiger partial charge in [-0.15, -0.1) is 0 Å². The molecule has 3 N–H and O–H groups in total. The van der Waals surface area contributed by atoms with Gasteiger partial charge < -0.3 is 20.5 Å². The van der Waals surface area contributed by atoms with E-state index in [0.29, 0.717) is 48.6 Å². The molecule has 1 amide bonds. The van der Waals surface area contributed by atoms with Crippen LogP contribution in [-0.4, -0.2) is 42.1 Å². The Morgan fingerprint density at radius 1 is 1.26 bits per heavy atom. The topological polar surface area (TPSA) is 104 Å². The second-order valence-corrected chi connectivity index (χ2v) is 7.62. The number of nitrogens with one attached hydrogen (secondary N) is 3. The number of nitrogens with zero attached hydrogens (tertiary/aromatic N) is 3. The molecule has 3 aromatic rings. The summed E-state index contributed by atoms with van der Waals surface area (Å²) in [7, 11) is 1.71. The molecule has 0 spiro atoms. The Balaban J connectivity index is 1.29. The molecule has 9 heteroatoms. The maximum atomic E-state index is 12.0. The van der Waals surface area contributed by atoms with Crippen molar-refractivity contribution < 1.29 is 9.32 Å². The fourth-order valence-corrected chi connectivity index (χ4v) is 3.70. The monoisotopic (exact) mass is 438 g/mol. The van der Waals surface area contributed by atoms with Gasteiger partial charge in [0.1, 0.15) is 0 Å². The maximum Gasteiger partial charge on any atom is 0.228 e. The molecule has 4 rings (SSSR count). The minimum atomic E-state index is 0.0281. The average Bonchev–Trinajstić information content (AvgIpc) is 3.25. The summed E-state index contributed by atoms with van der Waals surface area (Å²) in [5.41, 5.74) is 2.81. The van der Waals surface area contributed by atoms with Gasteiger partial charge in [-0.3, -0.25) is 9.79 Å². The van der Waals surface area contributed by atoms with E-state index in [4.69, 9.17) is 16.1 Å². The third-order valence-corrected chi connectivity index (χ3v) is 5.26. The molecular weight excluding hydrogens is 416 g/mol. The van der Waals surface area contributed by atoms with Crippen LogP contribution in [0.2, 0.25) is 5.02 Å². The molecule has 2 heterocycles. The predicted octanol–water partition coefficient (Wildman–Crippen LogP) is 3.22. The number of para-hydroxylation sites is 1. The molecule has 1 aliphatic heterocycles. The largest absolute Gasteiger partial charge is 0.356 e. The highest BCUT2D eigenvalue weighted by Crippen LogP contribution is 2.31. The van der Waals surface area contributed by atoms with Gasteiger partial charge in [-0.1, -0.05) is 47.1 Å². The Kier molecular flexibility index (Phi) is 6.47. The zero-order valence-corrected chi connectivity index (χ0v) is 17.8. The quantitative estimate of drug-likeness (QED) is 0.403. The van der Waals surface area contributed by atoms with Crippen molar-refractivity contribution in [1.29, 1.82) is 0 Å². The molecule has 1 atom stereocenters. The van der Waals surface area contributed by atoms with Crippen LogP contribution in [0.25, 0.3) is 11.4 Å². The van der Waals surface area contributed by atoms with E-state index in [1.54, 1.807) is 19.2 Å². The molecule has 0 bridgehead atoms. The molecule has 0 radical (unpaired) electrons. The van der Waals surface area contributed by atoms with Crippen LogP contribution in [0.5, 0.6) is 0 Å². The van der Waals surface area contributed by atoms with E-state index in [9.17, 15) is 4.79 Å². The predicted molar refractivity (Wildman–Crippen MR) is 120 cm³/mol.